The summed E-state index contributed by atoms with van der Waals surface area (Å²) in [5.41, 5.74) is 1.91. The van der Waals surface area contributed by atoms with Crippen LogP contribution in [0.3, 0.4) is 0 Å². The van der Waals surface area contributed by atoms with Crippen LogP contribution in [0.2, 0.25) is 0 Å². The Morgan fingerprint density at radius 2 is 1.92 bits per heavy atom. The van der Waals surface area contributed by atoms with Crippen molar-refractivity contribution in [1.82, 2.24) is 14.8 Å². The largest absolute Gasteiger partial charge is 0.387 e. The second kappa shape index (κ2) is 10.5. The van der Waals surface area contributed by atoms with Gasteiger partial charge in [0.1, 0.15) is 24.1 Å². The van der Waals surface area contributed by atoms with E-state index in [1.54, 1.807) is 38.1 Å². The molecule has 37 heavy (non-hydrogen) atoms. The van der Waals surface area contributed by atoms with Gasteiger partial charge in [-0.25, -0.2) is 14.1 Å². The van der Waals surface area contributed by atoms with Crippen LogP contribution in [-0.2, 0) is 18.4 Å². The van der Waals surface area contributed by atoms with E-state index in [9.17, 15) is 28.6 Å². The van der Waals surface area contributed by atoms with E-state index < -0.39 is 58.3 Å². The van der Waals surface area contributed by atoms with Crippen molar-refractivity contribution in [3.8, 4) is 0 Å². The van der Waals surface area contributed by atoms with Crippen molar-refractivity contribution in [2.75, 3.05) is 17.8 Å². The van der Waals surface area contributed by atoms with E-state index in [0.29, 0.717) is 22.3 Å². The van der Waals surface area contributed by atoms with Crippen LogP contribution in [0.25, 0.3) is 11.0 Å². The quantitative estimate of drug-likeness (QED) is 0.209. The second-order valence-electron chi connectivity index (χ2n) is 8.81. The summed E-state index contributed by atoms with van der Waals surface area (Å²) in [5, 5.41) is 29.0. The zero-order valence-corrected chi connectivity index (χ0v) is 21.5. The van der Waals surface area contributed by atoms with E-state index in [0.717, 1.165) is 0 Å². The summed E-state index contributed by atoms with van der Waals surface area (Å²) in [5.74, 6) is -1.76. The van der Waals surface area contributed by atoms with Crippen LogP contribution in [0.15, 0.2) is 36.5 Å². The minimum absolute atomic E-state index is 0.287. The van der Waals surface area contributed by atoms with Crippen LogP contribution < -0.4 is 5.32 Å². The SMILES string of the molecule is Cc1cc(N[C@@H](C)c2ccccc2F)c2cnn([C@@H]3O[C@H](COP(=O)(O)CP(=O)(O)O)[C@@H](O)[C@H]3O)c2n1. The molecule has 202 valence electrons. The molecule has 0 amide bonds. The first-order valence-electron chi connectivity index (χ1n) is 11.1. The van der Waals surface area contributed by atoms with Crippen LogP contribution in [0, 0.1) is 12.7 Å². The van der Waals surface area contributed by atoms with Gasteiger partial charge in [-0.15, -0.1) is 0 Å². The fourth-order valence-corrected chi connectivity index (χ4v) is 6.69. The summed E-state index contributed by atoms with van der Waals surface area (Å²) in [7, 11) is -9.53. The van der Waals surface area contributed by atoms with E-state index in [-0.39, 0.29) is 11.5 Å². The highest BCUT2D eigenvalue weighted by molar-refractivity contribution is 7.70. The molecule has 0 radical (unpaired) electrons. The lowest BCUT2D eigenvalue weighted by Gasteiger charge is -2.19. The lowest BCUT2D eigenvalue weighted by molar-refractivity contribution is -0.0541. The number of aliphatic hydroxyl groups is 2. The predicted octanol–water partition coefficient (Wildman–Crippen LogP) is 2.01. The number of aliphatic hydroxyl groups excluding tert-OH is 2. The Kier molecular flexibility index (Phi) is 7.87. The van der Waals surface area contributed by atoms with Gasteiger partial charge in [-0.1, -0.05) is 18.2 Å². The molecule has 1 fully saturated rings. The van der Waals surface area contributed by atoms with E-state index >= 15 is 0 Å². The molecule has 3 heterocycles. The van der Waals surface area contributed by atoms with E-state index in [1.165, 1.54) is 16.9 Å². The summed E-state index contributed by atoms with van der Waals surface area (Å²) < 4.78 is 48.8. The molecule has 1 aliphatic heterocycles. The highest BCUT2D eigenvalue weighted by Gasteiger charge is 2.46. The van der Waals surface area contributed by atoms with Crippen LogP contribution in [-0.4, -0.2) is 70.5 Å². The minimum atomic E-state index is -4.84. The summed E-state index contributed by atoms with van der Waals surface area (Å²) in [6.45, 7) is 2.80. The van der Waals surface area contributed by atoms with Crippen molar-refractivity contribution in [2.45, 2.75) is 44.4 Å². The van der Waals surface area contributed by atoms with Crippen LogP contribution in [0.5, 0.6) is 0 Å². The molecular formula is C21H27FN4O9P2. The third-order valence-corrected chi connectivity index (χ3v) is 9.28. The Hall–Kier alpha value is -2.25. The number of nitrogens with zero attached hydrogens (tertiary/aromatic N) is 3. The predicted molar refractivity (Wildman–Crippen MR) is 129 cm³/mol. The maximum Gasteiger partial charge on any atom is 0.340 e. The lowest BCUT2D eigenvalue weighted by atomic mass is 10.1. The lowest BCUT2D eigenvalue weighted by Crippen LogP contribution is -2.33. The Bertz CT molecular complexity index is 1380. The molecule has 0 bridgehead atoms. The van der Waals surface area contributed by atoms with Gasteiger partial charge >= 0.3 is 15.2 Å². The number of anilines is 1. The molecular weight excluding hydrogens is 533 g/mol. The van der Waals surface area contributed by atoms with Crippen molar-refractivity contribution in [2.24, 2.45) is 0 Å². The number of nitrogens with one attached hydrogen (secondary N) is 1. The van der Waals surface area contributed by atoms with Gasteiger partial charge in [-0.3, -0.25) is 9.13 Å². The molecule has 0 spiro atoms. The van der Waals surface area contributed by atoms with Crippen molar-refractivity contribution in [1.29, 1.82) is 0 Å². The van der Waals surface area contributed by atoms with Crippen molar-refractivity contribution >= 4 is 31.9 Å². The Labute approximate surface area is 210 Å². The number of aromatic nitrogens is 3. The van der Waals surface area contributed by atoms with Crippen LogP contribution in [0.1, 0.15) is 30.5 Å². The molecule has 1 saturated heterocycles. The first-order chi connectivity index (χ1) is 17.3. The van der Waals surface area contributed by atoms with E-state index in [1.807, 2.05) is 0 Å². The first-order valence-corrected chi connectivity index (χ1v) is 14.7. The second-order valence-corrected chi connectivity index (χ2v) is 12.8. The maximum atomic E-state index is 14.3. The minimum Gasteiger partial charge on any atom is -0.387 e. The number of halogens is 1. The number of benzene rings is 1. The standard InChI is InChI=1S/C21H27FN4O9P2/c1-11-7-16(25-12(2)13-5-3-4-6-15(13)22)14-8-23-26(20(14)24-11)21-19(28)18(27)17(35-21)9-34-37(32,33)10-36(29,30)31/h3-8,12,17-19,21,27-28H,9-10H2,1-2H3,(H,24,25)(H,32,33)(H2,29,30,31)/t12-,17+,18+,19+,21+/m0/s1. The van der Waals surface area contributed by atoms with Crippen molar-refractivity contribution < 1.29 is 47.7 Å². The molecule has 13 nitrogen and oxygen atoms in total. The van der Waals surface area contributed by atoms with Crippen molar-refractivity contribution in [3.63, 3.8) is 0 Å². The van der Waals surface area contributed by atoms with Gasteiger partial charge in [0, 0.05) is 16.9 Å². The van der Waals surface area contributed by atoms with Gasteiger partial charge < -0.3 is 39.5 Å². The fraction of sp³-hybridized carbons (Fsp3) is 0.429. The molecule has 4 rings (SSSR count). The highest BCUT2D eigenvalue weighted by atomic mass is 31.2. The van der Waals surface area contributed by atoms with E-state index in [2.05, 4.69) is 15.4 Å². The van der Waals surface area contributed by atoms with Gasteiger partial charge in [0.25, 0.3) is 0 Å². The highest BCUT2D eigenvalue weighted by Crippen LogP contribution is 2.55. The van der Waals surface area contributed by atoms with Crippen LogP contribution >= 0.6 is 15.2 Å². The molecule has 3 aromatic rings. The molecule has 6 atom stereocenters. The average molecular weight is 560 g/mol. The number of pyridine rings is 1. The number of fused-ring (bicyclic) bond motifs is 1. The summed E-state index contributed by atoms with van der Waals surface area (Å²) in [4.78, 5) is 32.0. The van der Waals surface area contributed by atoms with Gasteiger partial charge in [0.05, 0.1) is 24.2 Å². The molecule has 1 unspecified atom stereocenters. The number of ether oxygens (including phenoxy) is 1. The smallest absolute Gasteiger partial charge is 0.340 e. The molecule has 2 aromatic heterocycles. The molecule has 16 heteroatoms. The number of hydrogen-bond acceptors (Lipinski definition) is 9. The Morgan fingerprint density at radius 3 is 2.59 bits per heavy atom. The third-order valence-electron chi connectivity index (χ3n) is 5.82. The number of rotatable bonds is 9. The number of hydrogen-bond donors (Lipinski definition) is 6. The molecule has 0 saturated carbocycles. The number of aryl methyl sites for hydroxylation is 1. The maximum absolute atomic E-state index is 14.3. The molecule has 6 N–H and O–H groups in total. The molecule has 1 aromatic carbocycles. The summed E-state index contributed by atoms with van der Waals surface area (Å²) >= 11 is 0. The third kappa shape index (κ3) is 6.26. The zero-order valence-electron chi connectivity index (χ0n) is 19.7. The monoisotopic (exact) mass is 560 g/mol. The summed E-state index contributed by atoms with van der Waals surface area (Å²) in [6, 6.07) is 7.70. The first kappa shape index (κ1) is 27.8. The molecule has 1 aliphatic rings. The fourth-order valence-electron chi connectivity index (χ4n) is 4.12. The Morgan fingerprint density at radius 1 is 1.22 bits per heavy atom. The van der Waals surface area contributed by atoms with Gasteiger partial charge in [0.2, 0.25) is 0 Å². The summed E-state index contributed by atoms with van der Waals surface area (Å²) in [6.07, 6.45) is -4.20. The average Bonchev–Trinajstić information content (AvgIpc) is 3.32. The topological polar surface area (TPSA) is 196 Å². The van der Waals surface area contributed by atoms with Crippen molar-refractivity contribution in [3.05, 3.63) is 53.6 Å². The van der Waals surface area contributed by atoms with Gasteiger partial charge in [0.15, 0.2) is 17.8 Å². The van der Waals surface area contributed by atoms with Gasteiger partial charge in [-0.05, 0) is 26.0 Å². The van der Waals surface area contributed by atoms with Crippen LogP contribution in [0.4, 0.5) is 10.1 Å². The van der Waals surface area contributed by atoms with Gasteiger partial charge in [-0.2, -0.15) is 5.10 Å². The Balaban J connectivity index is 1.56. The normalized spacial score (nSPS) is 24.8. The zero-order chi connectivity index (χ0) is 27.1. The van der Waals surface area contributed by atoms with E-state index in [4.69, 9.17) is 19.0 Å². The molecule has 0 aliphatic carbocycles.